The first-order valence-corrected chi connectivity index (χ1v) is 9.03. The van der Waals surface area contributed by atoms with Crippen LogP contribution in [0, 0.1) is 6.92 Å². The number of thiazole rings is 1. The molecule has 0 spiro atoms. The second-order valence-electron chi connectivity index (χ2n) is 5.56. The predicted molar refractivity (Wildman–Crippen MR) is 99.9 cm³/mol. The predicted octanol–water partition coefficient (Wildman–Crippen LogP) is 3.63. The van der Waals surface area contributed by atoms with Crippen molar-refractivity contribution < 1.29 is 9.53 Å². The molecule has 1 heterocycles. The van der Waals surface area contributed by atoms with Crippen LogP contribution in [0.25, 0.3) is 0 Å². The highest BCUT2D eigenvalue weighted by Crippen LogP contribution is 2.23. The number of aryl methyl sites for hydroxylation is 1. The minimum atomic E-state index is -0.0528. The summed E-state index contributed by atoms with van der Waals surface area (Å²) in [6.45, 7) is 8.71. The van der Waals surface area contributed by atoms with Gasteiger partial charge in [0.2, 0.25) is 5.91 Å². The van der Waals surface area contributed by atoms with Gasteiger partial charge < -0.3 is 15.0 Å². The van der Waals surface area contributed by atoms with E-state index in [0.29, 0.717) is 6.61 Å². The summed E-state index contributed by atoms with van der Waals surface area (Å²) in [5.41, 5.74) is 3.87. The van der Waals surface area contributed by atoms with Crippen LogP contribution in [0.3, 0.4) is 0 Å². The molecule has 0 radical (unpaired) electrons. The van der Waals surface area contributed by atoms with Crippen LogP contribution in [-0.2, 0) is 22.6 Å². The van der Waals surface area contributed by atoms with Gasteiger partial charge in [-0.05, 0) is 44.5 Å². The third-order valence-electron chi connectivity index (χ3n) is 3.82. The van der Waals surface area contributed by atoms with Crippen LogP contribution in [0.5, 0.6) is 0 Å². The van der Waals surface area contributed by atoms with E-state index in [1.165, 1.54) is 17.0 Å². The Bertz CT molecular complexity index is 681. The number of aromatic nitrogens is 1. The topological polar surface area (TPSA) is 54.5 Å². The van der Waals surface area contributed by atoms with Gasteiger partial charge in [-0.1, -0.05) is 0 Å². The lowest BCUT2D eigenvalue weighted by molar-refractivity contribution is -0.115. The van der Waals surface area contributed by atoms with E-state index >= 15 is 0 Å². The summed E-state index contributed by atoms with van der Waals surface area (Å²) in [6.07, 6.45) is 0.275. The van der Waals surface area contributed by atoms with E-state index in [0.717, 1.165) is 35.0 Å². The number of benzene rings is 1. The molecule has 2 aromatic rings. The lowest BCUT2D eigenvalue weighted by atomic mass is 10.1. The number of hydrogen-bond donors (Lipinski definition) is 1. The fourth-order valence-electron chi connectivity index (χ4n) is 2.55. The van der Waals surface area contributed by atoms with Gasteiger partial charge in [0.05, 0.1) is 18.7 Å². The molecule has 0 aliphatic heterocycles. The average Bonchev–Trinajstić information content (AvgIpc) is 2.98. The molecule has 2 rings (SSSR count). The number of rotatable bonds is 8. The molecule has 1 aromatic heterocycles. The molecule has 0 saturated heterocycles. The molecule has 0 unspecified atom stereocenters. The van der Waals surface area contributed by atoms with E-state index in [4.69, 9.17) is 4.74 Å². The van der Waals surface area contributed by atoms with Gasteiger partial charge in [0.15, 0.2) is 0 Å². The number of anilines is 2. The smallest absolute Gasteiger partial charge is 0.230 e. The zero-order valence-corrected chi connectivity index (χ0v) is 15.6. The normalized spacial score (nSPS) is 10.7. The molecule has 6 heteroatoms. The van der Waals surface area contributed by atoms with Crippen LogP contribution in [0.4, 0.5) is 11.4 Å². The van der Waals surface area contributed by atoms with Gasteiger partial charge in [-0.3, -0.25) is 4.79 Å². The maximum absolute atomic E-state index is 12.2. The van der Waals surface area contributed by atoms with Crippen molar-refractivity contribution >= 4 is 28.6 Å². The summed E-state index contributed by atoms with van der Waals surface area (Å²) in [5, 5.41) is 5.77. The Labute approximate surface area is 147 Å². The summed E-state index contributed by atoms with van der Waals surface area (Å²) in [4.78, 5) is 18.9. The van der Waals surface area contributed by atoms with Crippen LogP contribution in [0.1, 0.15) is 30.1 Å². The van der Waals surface area contributed by atoms with Crippen molar-refractivity contribution in [3.05, 3.63) is 39.8 Å². The zero-order valence-electron chi connectivity index (χ0n) is 14.8. The summed E-state index contributed by atoms with van der Waals surface area (Å²) >= 11 is 1.51. The third-order valence-corrected chi connectivity index (χ3v) is 4.69. The molecule has 0 atom stereocenters. The average molecular weight is 347 g/mol. The van der Waals surface area contributed by atoms with E-state index < -0.39 is 0 Å². The summed E-state index contributed by atoms with van der Waals surface area (Å²) < 4.78 is 5.05. The number of carbonyl (C=O) groups is 1. The van der Waals surface area contributed by atoms with Crippen molar-refractivity contribution in [2.24, 2.45) is 0 Å². The second kappa shape index (κ2) is 8.80. The number of hydrogen-bond acceptors (Lipinski definition) is 5. The molecule has 0 aliphatic rings. The lowest BCUT2D eigenvalue weighted by Crippen LogP contribution is -2.22. The van der Waals surface area contributed by atoms with Gasteiger partial charge >= 0.3 is 0 Å². The maximum atomic E-state index is 12.2. The number of methoxy groups -OCH3 is 1. The first-order valence-electron chi connectivity index (χ1n) is 8.15. The highest BCUT2D eigenvalue weighted by Gasteiger charge is 2.10. The van der Waals surface area contributed by atoms with E-state index in [1.54, 1.807) is 7.11 Å². The van der Waals surface area contributed by atoms with Crippen LogP contribution in [0.2, 0.25) is 0 Å². The van der Waals surface area contributed by atoms with Crippen LogP contribution >= 0.6 is 11.3 Å². The molecule has 0 fully saturated rings. The van der Waals surface area contributed by atoms with Gasteiger partial charge in [0.25, 0.3) is 0 Å². The number of nitrogens with zero attached hydrogens (tertiary/aromatic N) is 2. The highest BCUT2D eigenvalue weighted by atomic mass is 32.1. The maximum Gasteiger partial charge on any atom is 0.230 e. The molecule has 5 nitrogen and oxygen atoms in total. The monoisotopic (exact) mass is 347 g/mol. The molecular formula is C18H25N3O2S. The Morgan fingerprint density at radius 3 is 2.71 bits per heavy atom. The van der Waals surface area contributed by atoms with Crippen molar-refractivity contribution in [2.45, 2.75) is 33.8 Å². The molecule has 1 aromatic carbocycles. The van der Waals surface area contributed by atoms with E-state index in [2.05, 4.69) is 41.2 Å². The molecule has 130 valence electrons. The fourth-order valence-corrected chi connectivity index (χ4v) is 3.32. The Balaban J connectivity index is 2.00. The molecule has 1 N–H and O–H groups in total. The Morgan fingerprint density at radius 2 is 2.08 bits per heavy atom. The van der Waals surface area contributed by atoms with Gasteiger partial charge in [-0.2, -0.15) is 0 Å². The summed E-state index contributed by atoms with van der Waals surface area (Å²) in [5.74, 6) is -0.0528. The number of nitrogens with one attached hydrogen (secondary N) is 1. The van der Waals surface area contributed by atoms with Crippen molar-refractivity contribution in [2.75, 3.05) is 30.4 Å². The molecule has 0 saturated carbocycles. The van der Waals surface area contributed by atoms with Gasteiger partial charge in [0, 0.05) is 37.0 Å². The Kier molecular flexibility index (Phi) is 6.75. The van der Waals surface area contributed by atoms with Crippen LogP contribution < -0.4 is 10.2 Å². The van der Waals surface area contributed by atoms with Crippen molar-refractivity contribution in [1.82, 2.24) is 4.98 Å². The molecule has 0 bridgehead atoms. The third kappa shape index (κ3) is 4.79. The Morgan fingerprint density at radius 1 is 1.33 bits per heavy atom. The molecule has 1 amide bonds. The van der Waals surface area contributed by atoms with Crippen molar-refractivity contribution in [1.29, 1.82) is 0 Å². The van der Waals surface area contributed by atoms with E-state index in [9.17, 15) is 4.79 Å². The van der Waals surface area contributed by atoms with Gasteiger partial charge in [-0.25, -0.2) is 4.98 Å². The summed E-state index contributed by atoms with van der Waals surface area (Å²) in [7, 11) is 1.64. The van der Waals surface area contributed by atoms with Crippen LogP contribution in [0.15, 0.2) is 23.6 Å². The standard InChI is InChI=1S/C18H25N3O2S/c1-5-21(6-2)15-7-8-16(13(3)9-15)20-17(22)10-14-12-24-18(19-14)11-23-4/h7-9,12H,5-6,10-11H2,1-4H3,(H,20,22). The van der Waals surface area contributed by atoms with Crippen LogP contribution in [-0.4, -0.2) is 31.1 Å². The Hall–Kier alpha value is -1.92. The lowest BCUT2D eigenvalue weighted by Gasteiger charge is -2.22. The number of amides is 1. The van der Waals surface area contributed by atoms with Gasteiger partial charge in [-0.15, -0.1) is 11.3 Å². The second-order valence-corrected chi connectivity index (χ2v) is 6.50. The summed E-state index contributed by atoms with van der Waals surface area (Å²) in [6, 6.07) is 6.13. The first-order chi connectivity index (χ1) is 11.6. The molecule has 0 aliphatic carbocycles. The quantitative estimate of drug-likeness (QED) is 0.792. The minimum absolute atomic E-state index is 0.0528. The largest absolute Gasteiger partial charge is 0.378 e. The zero-order chi connectivity index (χ0) is 17.5. The van der Waals surface area contributed by atoms with E-state index in [-0.39, 0.29) is 12.3 Å². The van der Waals surface area contributed by atoms with Crippen molar-refractivity contribution in [3.63, 3.8) is 0 Å². The SMILES string of the molecule is CCN(CC)c1ccc(NC(=O)Cc2csc(COC)n2)c(C)c1. The van der Waals surface area contributed by atoms with Crippen molar-refractivity contribution in [3.8, 4) is 0 Å². The number of carbonyl (C=O) groups excluding carboxylic acids is 1. The first kappa shape index (κ1) is 18.4. The number of ether oxygens (including phenoxy) is 1. The minimum Gasteiger partial charge on any atom is -0.378 e. The fraction of sp³-hybridized carbons (Fsp3) is 0.444. The van der Waals surface area contributed by atoms with Gasteiger partial charge in [0.1, 0.15) is 5.01 Å². The van der Waals surface area contributed by atoms with E-state index in [1.807, 2.05) is 18.4 Å². The molecule has 24 heavy (non-hydrogen) atoms. The highest BCUT2D eigenvalue weighted by molar-refractivity contribution is 7.09. The molecular weight excluding hydrogens is 322 g/mol.